The number of hydrogen-bond acceptors (Lipinski definition) is 3. The van der Waals surface area contributed by atoms with Crippen LogP contribution < -0.4 is 10.6 Å². The molecule has 0 spiro atoms. The maximum Gasteiger partial charge on any atom is 0.220 e. The number of thiophene rings is 1. The van der Waals surface area contributed by atoms with Crippen molar-refractivity contribution >= 4 is 23.2 Å². The van der Waals surface area contributed by atoms with E-state index in [0.29, 0.717) is 31.2 Å². The number of carbonyl (C=O) groups is 2. The molecular weight excluding hydrogens is 296 g/mol. The van der Waals surface area contributed by atoms with Gasteiger partial charge in [0.15, 0.2) is 0 Å². The molecule has 1 aromatic heterocycles. The van der Waals surface area contributed by atoms with Gasteiger partial charge in [-0.2, -0.15) is 0 Å². The zero-order chi connectivity index (χ0) is 16.2. The summed E-state index contributed by atoms with van der Waals surface area (Å²) in [6.07, 6.45) is 4.95. The normalized spacial score (nSPS) is 16.0. The highest BCUT2D eigenvalue weighted by Gasteiger charge is 2.26. The second-order valence-corrected chi connectivity index (χ2v) is 8.03. The lowest BCUT2D eigenvalue weighted by Crippen LogP contribution is -2.23. The van der Waals surface area contributed by atoms with Crippen molar-refractivity contribution in [2.24, 2.45) is 5.41 Å². The van der Waals surface area contributed by atoms with Gasteiger partial charge in [-0.05, 0) is 42.7 Å². The third-order valence-electron chi connectivity index (χ3n) is 4.19. The summed E-state index contributed by atoms with van der Waals surface area (Å²) in [4.78, 5) is 25.6. The van der Waals surface area contributed by atoms with E-state index in [4.69, 9.17) is 0 Å². The zero-order valence-electron chi connectivity index (χ0n) is 13.8. The van der Waals surface area contributed by atoms with Crippen LogP contribution in [0.4, 0.5) is 0 Å². The maximum absolute atomic E-state index is 11.8. The van der Waals surface area contributed by atoms with E-state index < -0.39 is 0 Å². The van der Waals surface area contributed by atoms with Crippen LogP contribution in [-0.2, 0) is 29.0 Å². The van der Waals surface area contributed by atoms with E-state index in [1.165, 1.54) is 21.7 Å². The first kappa shape index (κ1) is 17.0. The van der Waals surface area contributed by atoms with E-state index in [1.807, 2.05) is 11.3 Å². The SMILES string of the molecule is CNC(=O)CCCC(=O)NCc1cc2c(s1)CCC(C)(C)C2. The van der Waals surface area contributed by atoms with Crippen molar-refractivity contribution in [1.82, 2.24) is 10.6 Å². The quantitative estimate of drug-likeness (QED) is 0.846. The third-order valence-corrected chi connectivity index (χ3v) is 5.43. The number of aryl methyl sites for hydroxylation is 1. The van der Waals surface area contributed by atoms with Crippen molar-refractivity contribution in [3.63, 3.8) is 0 Å². The Morgan fingerprint density at radius 3 is 2.73 bits per heavy atom. The van der Waals surface area contributed by atoms with Crippen LogP contribution in [0.3, 0.4) is 0 Å². The number of hydrogen-bond donors (Lipinski definition) is 2. The van der Waals surface area contributed by atoms with Crippen LogP contribution in [0, 0.1) is 5.41 Å². The van der Waals surface area contributed by atoms with Gasteiger partial charge in [-0.25, -0.2) is 0 Å². The summed E-state index contributed by atoms with van der Waals surface area (Å²) >= 11 is 1.83. The average molecular weight is 322 g/mol. The van der Waals surface area contributed by atoms with Crippen LogP contribution in [0.15, 0.2) is 6.07 Å². The predicted molar refractivity (Wildman–Crippen MR) is 89.9 cm³/mol. The van der Waals surface area contributed by atoms with Gasteiger partial charge in [0.2, 0.25) is 11.8 Å². The molecule has 5 heteroatoms. The standard InChI is InChI=1S/C17H26N2O2S/c1-17(2)8-7-14-12(10-17)9-13(22-14)11-19-16(21)6-4-5-15(20)18-3/h9H,4-8,10-11H2,1-3H3,(H,18,20)(H,19,21). The lowest BCUT2D eigenvalue weighted by atomic mass is 9.77. The maximum atomic E-state index is 11.8. The molecule has 2 N–H and O–H groups in total. The van der Waals surface area contributed by atoms with Gasteiger partial charge in [0.05, 0.1) is 6.54 Å². The van der Waals surface area contributed by atoms with Crippen LogP contribution in [0.2, 0.25) is 0 Å². The highest BCUT2D eigenvalue weighted by molar-refractivity contribution is 7.12. The summed E-state index contributed by atoms with van der Waals surface area (Å²) in [5.41, 5.74) is 1.86. The summed E-state index contributed by atoms with van der Waals surface area (Å²) in [6, 6.07) is 2.26. The summed E-state index contributed by atoms with van der Waals surface area (Å²) in [6.45, 7) is 5.25. The number of carbonyl (C=O) groups excluding carboxylic acids is 2. The highest BCUT2D eigenvalue weighted by Crippen LogP contribution is 2.38. The minimum absolute atomic E-state index is 0.0126. The Morgan fingerprint density at radius 2 is 2.00 bits per heavy atom. The lowest BCUT2D eigenvalue weighted by molar-refractivity contribution is -0.122. The van der Waals surface area contributed by atoms with Gasteiger partial charge in [0, 0.05) is 29.6 Å². The second kappa shape index (κ2) is 7.27. The van der Waals surface area contributed by atoms with Crippen molar-refractivity contribution in [2.45, 2.75) is 58.9 Å². The first-order chi connectivity index (χ1) is 10.4. The molecule has 0 aromatic carbocycles. The van der Waals surface area contributed by atoms with Crippen LogP contribution in [0.25, 0.3) is 0 Å². The Labute approximate surface area is 136 Å². The fraction of sp³-hybridized carbons (Fsp3) is 0.647. The predicted octanol–water partition coefficient (Wildman–Crippen LogP) is 2.80. The molecule has 1 heterocycles. The van der Waals surface area contributed by atoms with Crippen LogP contribution in [-0.4, -0.2) is 18.9 Å². The molecular formula is C17H26N2O2S. The fourth-order valence-electron chi connectivity index (χ4n) is 2.84. The van der Waals surface area contributed by atoms with Gasteiger partial charge >= 0.3 is 0 Å². The fourth-order valence-corrected chi connectivity index (χ4v) is 3.97. The molecule has 0 radical (unpaired) electrons. The van der Waals surface area contributed by atoms with Crippen molar-refractivity contribution in [2.75, 3.05) is 7.05 Å². The van der Waals surface area contributed by atoms with Crippen molar-refractivity contribution in [3.05, 3.63) is 21.4 Å². The van der Waals surface area contributed by atoms with Crippen LogP contribution in [0.5, 0.6) is 0 Å². The van der Waals surface area contributed by atoms with E-state index in [-0.39, 0.29) is 11.8 Å². The lowest BCUT2D eigenvalue weighted by Gasteiger charge is -2.29. The summed E-state index contributed by atoms with van der Waals surface area (Å²) in [7, 11) is 1.61. The molecule has 0 bridgehead atoms. The van der Waals surface area contributed by atoms with Crippen molar-refractivity contribution < 1.29 is 9.59 Å². The summed E-state index contributed by atoms with van der Waals surface area (Å²) in [5.74, 6) is 0.0111. The molecule has 0 saturated heterocycles. The number of amides is 2. The molecule has 0 fully saturated rings. The Hall–Kier alpha value is -1.36. The van der Waals surface area contributed by atoms with Crippen LogP contribution in [0.1, 0.15) is 54.8 Å². The molecule has 122 valence electrons. The second-order valence-electron chi connectivity index (χ2n) is 6.81. The molecule has 2 amide bonds. The van der Waals surface area contributed by atoms with E-state index >= 15 is 0 Å². The van der Waals surface area contributed by atoms with Gasteiger partial charge in [0.25, 0.3) is 0 Å². The van der Waals surface area contributed by atoms with Gasteiger partial charge in [-0.1, -0.05) is 13.8 Å². The highest BCUT2D eigenvalue weighted by atomic mass is 32.1. The minimum atomic E-state index is -0.0126. The summed E-state index contributed by atoms with van der Waals surface area (Å²) in [5, 5.41) is 5.52. The number of nitrogens with one attached hydrogen (secondary N) is 2. The smallest absolute Gasteiger partial charge is 0.220 e. The molecule has 0 saturated carbocycles. The monoisotopic (exact) mass is 322 g/mol. The van der Waals surface area contributed by atoms with Crippen molar-refractivity contribution in [3.8, 4) is 0 Å². The third kappa shape index (κ3) is 4.83. The van der Waals surface area contributed by atoms with E-state index in [9.17, 15) is 9.59 Å². The largest absolute Gasteiger partial charge is 0.359 e. The van der Waals surface area contributed by atoms with Crippen molar-refractivity contribution in [1.29, 1.82) is 0 Å². The molecule has 4 nitrogen and oxygen atoms in total. The Balaban J connectivity index is 1.77. The number of rotatable bonds is 6. The van der Waals surface area contributed by atoms with E-state index in [0.717, 1.165) is 12.8 Å². The zero-order valence-corrected chi connectivity index (χ0v) is 14.6. The Bertz CT molecular complexity index is 549. The molecule has 1 aliphatic carbocycles. The Morgan fingerprint density at radius 1 is 1.27 bits per heavy atom. The minimum Gasteiger partial charge on any atom is -0.359 e. The average Bonchev–Trinajstić information content (AvgIpc) is 2.85. The van der Waals surface area contributed by atoms with Gasteiger partial charge in [-0.3, -0.25) is 9.59 Å². The number of fused-ring (bicyclic) bond motifs is 1. The van der Waals surface area contributed by atoms with E-state index in [2.05, 4.69) is 30.5 Å². The van der Waals surface area contributed by atoms with Crippen LogP contribution >= 0.6 is 11.3 Å². The summed E-state index contributed by atoms with van der Waals surface area (Å²) < 4.78 is 0. The molecule has 0 unspecified atom stereocenters. The van der Waals surface area contributed by atoms with Gasteiger partial charge in [0.1, 0.15) is 0 Å². The topological polar surface area (TPSA) is 58.2 Å². The van der Waals surface area contributed by atoms with Gasteiger partial charge < -0.3 is 10.6 Å². The molecule has 0 aliphatic heterocycles. The molecule has 22 heavy (non-hydrogen) atoms. The molecule has 0 atom stereocenters. The van der Waals surface area contributed by atoms with E-state index in [1.54, 1.807) is 7.05 Å². The Kier molecular flexibility index (Phi) is 5.62. The molecule has 2 rings (SSSR count). The molecule has 1 aliphatic rings. The first-order valence-electron chi connectivity index (χ1n) is 7.97. The molecule has 1 aromatic rings. The first-order valence-corrected chi connectivity index (χ1v) is 8.79. The van der Waals surface area contributed by atoms with Gasteiger partial charge in [-0.15, -0.1) is 11.3 Å².